The summed E-state index contributed by atoms with van der Waals surface area (Å²) in [5.74, 6) is 0. The van der Waals surface area contributed by atoms with Crippen LogP contribution in [-0.4, -0.2) is 14.7 Å². The first-order chi connectivity index (χ1) is 17.6. The second kappa shape index (κ2) is 10.7. The van der Waals surface area contributed by atoms with Gasteiger partial charge in [-0.2, -0.15) is 18.3 Å². The van der Waals surface area contributed by atoms with Gasteiger partial charge in [0.25, 0.3) is 0 Å². The normalized spacial score (nSPS) is 12.0. The summed E-state index contributed by atoms with van der Waals surface area (Å²) in [5.41, 5.74) is 9.57. The Morgan fingerprint density at radius 1 is 1.03 bits per heavy atom. The fourth-order valence-electron chi connectivity index (χ4n) is 4.05. The van der Waals surface area contributed by atoms with Crippen LogP contribution in [0.5, 0.6) is 0 Å². The molecular weight excluding hydrogens is 520 g/mol. The summed E-state index contributed by atoms with van der Waals surface area (Å²) in [7, 11) is 0. The van der Waals surface area contributed by atoms with Crippen LogP contribution in [0, 0.1) is 6.92 Å². The molecule has 3 aromatic carbocycles. The van der Waals surface area contributed by atoms with E-state index in [2.05, 4.69) is 6.58 Å². The number of benzene rings is 3. The first kappa shape index (κ1) is 26.4. The van der Waals surface area contributed by atoms with Crippen LogP contribution in [0.3, 0.4) is 0 Å². The highest BCUT2D eigenvalue weighted by atomic mass is 35.5. The van der Waals surface area contributed by atoms with Gasteiger partial charge in [-0.15, -0.1) is 0 Å². The lowest BCUT2D eigenvalue weighted by Gasteiger charge is -2.19. The molecule has 0 aliphatic rings. The standard InChI is InChI=1S/C28H23Cl2F3N4/c1-3-36(16-20-8-4-5-9-22(20)28(31,32)33)17-24(34)26-18(2)27(19-12-14-21(29)15-13-19)37(35-26)25-11-7-6-10-23(25)30/h3-15,17H,1,16,34H2,2H3/b24-17-. The number of rotatable bonds is 7. The second-order valence-electron chi connectivity index (χ2n) is 8.29. The summed E-state index contributed by atoms with van der Waals surface area (Å²) in [6.45, 7) is 5.54. The van der Waals surface area contributed by atoms with Gasteiger partial charge in [0.05, 0.1) is 27.7 Å². The number of hydrogen-bond acceptors (Lipinski definition) is 3. The van der Waals surface area contributed by atoms with Gasteiger partial charge in [-0.1, -0.05) is 72.2 Å². The molecule has 0 saturated heterocycles. The Hall–Kier alpha value is -3.68. The molecule has 0 radical (unpaired) electrons. The number of nitrogens with two attached hydrogens (primary N) is 1. The molecule has 2 N–H and O–H groups in total. The van der Waals surface area contributed by atoms with E-state index in [0.717, 1.165) is 22.9 Å². The number of aromatic nitrogens is 2. The molecule has 0 atom stereocenters. The molecule has 1 heterocycles. The third-order valence-electron chi connectivity index (χ3n) is 5.81. The maximum atomic E-state index is 13.5. The molecule has 0 aliphatic heterocycles. The van der Waals surface area contributed by atoms with E-state index in [-0.39, 0.29) is 17.8 Å². The zero-order chi connectivity index (χ0) is 26.7. The quantitative estimate of drug-likeness (QED) is 0.256. The zero-order valence-corrected chi connectivity index (χ0v) is 21.3. The Morgan fingerprint density at radius 3 is 2.32 bits per heavy atom. The predicted octanol–water partition coefficient (Wildman–Crippen LogP) is 8.08. The van der Waals surface area contributed by atoms with E-state index in [1.165, 1.54) is 29.4 Å². The third kappa shape index (κ3) is 5.68. The van der Waals surface area contributed by atoms with Crippen LogP contribution in [0.1, 0.15) is 22.4 Å². The van der Waals surface area contributed by atoms with Crippen molar-refractivity contribution in [2.75, 3.05) is 0 Å². The first-order valence-corrected chi connectivity index (χ1v) is 12.0. The van der Waals surface area contributed by atoms with Crippen molar-refractivity contribution in [3.63, 3.8) is 0 Å². The Kier molecular flexibility index (Phi) is 7.66. The van der Waals surface area contributed by atoms with Gasteiger partial charge < -0.3 is 10.6 Å². The van der Waals surface area contributed by atoms with Crippen molar-refractivity contribution in [1.29, 1.82) is 0 Å². The van der Waals surface area contributed by atoms with Crippen molar-refractivity contribution in [2.45, 2.75) is 19.6 Å². The molecular formula is C28H23Cl2F3N4. The number of halogens is 5. The minimum atomic E-state index is -4.48. The molecule has 0 spiro atoms. The van der Waals surface area contributed by atoms with Gasteiger partial charge in [0.1, 0.15) is 5.69 Å². The van der Waals surface area contributed by atoms with Crippen LogP contribution in [0.15, 0.2) is 91.8 Å². The fraction of sp³-hybridized carbons (Fsp3) is 0.107. The summed E-state index contributed by atoms with van der Waals surface area (Å²) >= 11 is 12.6. The Morgan fingerprint density at radius 2 is 1.68 bits per heavy atom. The number of nitrogens with zero attached hydrogens (tertiary/aromatic N) is 3. The van der Waals surface area contributed by atoms with E-state index in [1.54, 1.807) is 28.9 Å². The minimum absolute atomic E-state index is 0.0752. The smallest absolute Gasteiger partial charge is 0.396 e. The number of para-hydroxylation sites is 1. The summed E-state index contributed by atoms with van der Waals surface area (Å²) in [6, 6.07) is 20.0. The summed E-state index contributed by atoms with van der Waals surface area (Å²) in [6.07, 6.45) is -1.53. The summed E-state index contributed by atoms with van der Waals surface area (Å²) in [4.78, 5) is 1.50. The van der Waals surface area contributed by atoms with Crippen molar-refractivity contribution < 1.29 is 13.2 Å². The molecule has 0 saturated carbocycles. The molecule has 37 heavy (non-hydrogen) atoms. The first-order valence-electron chi connectivity index (χ1n) is 11.2. The molecule has 9 heteroatoms. The molecule has 4 nitrogen and oxygen atoms in total. The lowest BCUT2D eigenvalue weighted by Crippen LogP contribution is -2.16. The summed E-state index contributed by atoms with van der Waals surface area (Å²) in [5, 5.41) is 5.84. The molecule has 4 rings (SSSR count). The molecule has 4 aromatic rings. The van der Waals surface area contributed by atoms with Gasteiger partial charge in [-0.05, 0) is 49.0 Å². The number of hydrogen-bond donors (Lipinski definition) is 1. The van der Waals surface area contributed by atoms with Crippen LogP contribution < -0.4 is 5.73 Å². The van der Waals surface area contributed by atoms with Crippen LogP contribution >= 0.6 is 23.2 Å². The third-order valence-corrected chi connectivity index (χ3v) is 6.38. The molecule has 190 valence electrons. The van der Waals surface area contributed by atoms with E-state index in [9.17, 15) is 13.2 Å². The average Bonchev–Trinajstić information content (AvgIpc) is 3.21. The maximum Gasteiger partial charge on any atom is 0.416 e. The monoisotopic (exact) mass is 542 g/mol. The highest BCUT2D eigenvalue weighted by Crippen LogP contribution is 2.35. The highest BCUT2D eigenvalue weighted by molar-refractivity contribution is 6.32. The van der Waals surface area contributed by atoms with Crippen LogP contribution in [0.4, 0.5) is 13.2 Å². The van der Waals surface area contributed by atoms with Crippen molar-refractivity contribution in [3.8, 4) is 16.9 Å². The predicted molar refractivity (Wildman–Crippen MR) is 143 cm³/mol. The molecule has 0 unspecified atom stereocenters. The van der Waals surface area contributed by atoms with Crippen molar-refractivity contribution >= 4 is 28.9 Å². The van der Waals surface area contributed by atoms with Crippen molar-refractivity contribution in [3.05, 3.63) is 124 Å². The van der Waals surface area contributed by atoms with E-state index in [0.29, 0.717) is 21.4 Å². The van der Waals surface area contributed by atoms with E-state index < -0.39 is 11.7 Å². The van der Waals surface area contributed by atoms with Gasteiger partial charge in [0.15, 0.2) is 0 Å². The molecule has 0 aliphatic carbocycles. The Balaban J connectivity index is 1.79. The van der Waals surface area contributed by atoms with Gasteiger partial charge in [0, 0.05) is 28.9 Å². The molecule has 0 amide bonds. The SMILES string of the molecule is C=CN(/C=C(\N)c1nn(-c2ccccc2Cl)c(-c2ccc(Cl)cc2)c1C)Cc1ccccc1C(F)(F)F. The number of alkyl halides is 3. The van der Waals surface area contributed by atoms with Crippen molar-refractivity contribution in [1.82, 2.24) is 14.7 Å². The highest BCUT2D eigenvalue weighted by Gasteiger charge is 2.33. The topological polar surface area (TPSA) is 47.1 Å². The largest absolute Gasteiger partial charge is 0.416 e. The fourth-order valence-corrected chi connectivity index (χ4v) is 4.39. The van der Waals surface area contributed by atoms with E-state index in [1.807, 2.05) is 37.3 Å². The van der Waals surface area contributed by atoms with Crippen molar-refractivity contribution in [2.24, 2.45) is 5.73 Å². The molecule has 0 bridgehead atoms. The van der Waals surface area contributed by atoms with Crippen LogP contribution in [0.25, 0.3) is 22.6 Å². The van der Waals surface area contributed by atoms with E-state index in [4.69, 9.17) is 34.0 Å². The Bertz CT molecular complexity index is 1460. The second-order valence-corrected chi connectivity index (χ2v) is 9.13. The molecule has 1 aromatic heterocycles. The zero-order valence-electron chi connectivity index (χ0n) is 19.8. The van der Waals surface area contributed by atoms with Gasteiger partial charge in [-0.25, -0.2) is 4.68 Å². The average molecular weight is 543 g/mol. The molecule has 0 fully saturated rings. The maximum absolute atomic E-state index is 13.5. The van der Waals surface area contributed by atoms with Crippen LogP contribution in [0.2, 0.25) is 10.0 Å². The minimum Gasteiger partial charge on any atom is -0.396 e. The van der Waals surface area contributed by atoms with Gasteiger partial charge in [-0.3, -0.25) is 0 Å². The van der Waals surface area contributed by atoms with E-state index >= 15 is 0 Å². The van der Waals surface area contributed by atoms with Gasteiger partial charge in [0.2, 0.25) is 0 Å². The van der Waals surface area contributed by atoms with Gasteiger partial charge >= 0.3 is 6.18 Å². The lowest BCUT2D eigenvalue weighted by molar-refractivity contribution is -0.138. The Labute approximate surface area is 223 Å². The lowest BCUT2D eigenvalue weighted by atomic mass is 10.1. The summed E-state index contributed by atoms with van der Waals surface area (Å²) < 4.78 is 42.2. The van der Waals surface area contributed by atoms with Crippen LogP contribution in [-0.2, 0) is 12.7 Å².